The van der Waals surface area contributed by atoms with Crippen molar-refractivity contribution in [2.45, 2.75) is 26.2 Å². The number of nitrogens with zero attached hydrogens (tertiary/aromatic N) is 2. The van der Waals surface area contributed by atoms with Crippen molar-refractivity contribution in [2.24, 2.45) is 0 Å². The predicted octanol–water partition coefficient (Wildman–Crippen LogP) is 7.07. The maximum atomic E-state index is 13.3. The molecule has 0 aliphatic heterocycles. The zero-order valence-electron chi connectivity index (χ0n) is 19.5. The van der Waals surface area contributed by atoms with Gasteiger partial charge in [0.15, 0.2) is 0 Å². The van der Waals surface area contributed by atoms with Crippen LogP contribution in [-0.2, 0) is 25.5 Å². The van der Waals surface area contributed by atoms with Gasteiger partial charge in [0, 0.05) is 32.5 Å². The molecule has 0 atom stereocenters. The maximum absolute atomic E-state index is 13.3. The summed E-state index contributed by atoms with van der Waals surface area (Å²) in [6.07, 6.45) is 3.31. The van der Waals surface area contributed by atoms with Gasteiger partial charge in [0.05, 0.1) is 0 Å². The van der Waals surface area contributed by atoms with Crippen LogP contribution < -0.4 is 0 Å². The number of carbonyl (C=O) groups is 1. The van der Waals surface area contributed by atoms with Crippen molar-refractivity contribution in [1.82, 2.24) is 9.97 Å². The van der Waals surface area contributed by atoms with Gasteiger partial charge in [-0.2, -0.15) is 0 Å². The zero-order chi connectivity index (χ0) is 24.3. The Hall–Kier alpha value is -3.47. The summed E-state index contributed by atoms with van der Waals surface area (Å²) in [5.41, 5.74) is 2.92. The van der Waals surface area contributed by atoms with Gasteiger partial charge in [0.2, 0.25) is 0 Å². The summed E-state index contributed by atoms with van der Waals surface area (Å²) in [4.78, 5) is 18.7. The maximum Gasteiger partial charge on any atom is 0.354 e. The molecule has 35 heavy (non-hydrogen) atoms. The van der Waals surface area contributed by atoms with Gasteiger partial charge in [-0.25, -0.2) is 14.2 Å². The number of aromatic carboxylic acids is 1. The van der Waals surface area contributed by atoms with Crippen LogP contribution in [0.3, 0.4) is 0 Å². The minimum atomic E-state index is -0.980. The van der Waals surface area contributed by atoms with E-state index < -0.39 is 5.97 Å². The van der Waals surface area contributed by atoms with E-state index in [9.17, 15) is 9.18 Å². The van der Waals surface area contributed by atoms with E-state index in [4.69, 9.17) is 5.11 Å². The molecule has 0 saturated heterocycles. The van der Waals surface area contributed by atoms with Crippen molar-refractivity contribution < 1.29 is 34.4 Å². The molecule has 6 heteroatoms. The largest absolute Gasteiger partial charge is 0.477 e. The molecule has 0 saturated carbocycles. The fourth-order valence-corrected chi connectivity index (χ4v) is 3.66. The van der Waals surface area contributed by atoms with Gasteiger partial charge in [-0.1, -0.05) is 61.9 Å². The van der Waals surface area contributed by atoms with Crippen molar-refractivity contribution in [3.63, 3.8) is 0 Å². The molecule has 5 aromatic rings. The van der Waals surface area contributed by atoms with Crippen molar-refractivity contribution in [2.75, 3.05) is 0 Å². The molecular weight excluding hydrogens is 620 g/mol. The second-order valence-corrected chi connectivity index (χ2v) is 8.98. The standard InChI is InChI=1S/C19H11FN.C10H13NO2.Ir/c20-16-7-9-18-14(12-16)5-4-13-11-15(6-8-17(13)18)19-3-1-2-10-21-19;1-10(2,3)7-4-5-11-8(6-7)9(12)13;/h1-5,7-12H;4-6H,1-3H3,(H,12,13);/q-1;;. The first kappa shape index (κ1) is 26.1. The van der Waals surface area contributed by atoms with Crippen LogP contribution in [0.15, 0.2) is 85.2 Å². The van der Waals surface area contributed by atoms with Crippen LogP contribution in [0.25, 0.3) is 32.8 Å². The topological polar surface area (TPSA) is 63.1 Å². The van der Waals surface area contributed by atoms with Crippen LogP contribution in [0.4, 0.5) is 4.39 Å². The van der Waals surface area contributed by atoms with Gasteiger partial charge in [0.1, 0.15) is 11.5 Å². The van der Waals surface area contributed by atoms with E-state index in [0.717, 1.165) is 38.4 Å². The molecule has 0 unspecified atom stereocenters. The third kappa shape index (κ3) is 6.16. The Morgan fingerprint density at radius 3 is 2.29 bits per heavy atom. The van der Waals surface area contributed by atoms with E-state index in [1.807, 2.05) is 69.3 Å². The summed E-state index contributed by atoms with van der Waals surface area (Å²) in [5, 5.41) is 12.8. The van der Waals surface area contributed by atoms with Crippen LogP contribution in [-0.4, -0.2) is 21.0 Å². The summed E-state index contributed by atoms with van der Waals surface area (Å²) < 4.78 is 13.3. The molecule has 179 valence electrons. The molecule has 2 aromatic heterocycles. The quantitative estimate of drug-likeness (QED) is 0.165. The summed E-state index contributed by atoms with van der Waals surface area (Å²) in [6.45, 7) is 6.11. The molecule has 0 spiro atoms. The molecule has 0 aliphatic rings. The van der Waals surface area contributed by atoms with Gasteiger partial charge in [-0.15, -0.1) is 29.1 Å². The van der Waals surface area contributed by atoms with E-state index in [0.29, 0.717) is 0 Å². The average Bonchev–Trinajstić information content (AvgIpc) is 2.84. The fraction of sp³-hybridized carbons (Fsp3) is 0.138. The molecule has 3 aromatic carbocycles. The van der Waals surface area contributed by atoms with Crippen molar-refractivity contribution in [3.8, 4) is 11.3 Å². The van der Waals surface area contributed by atoms with E-state index in [2.05, 4.69) is 22.1 Å². The molecule has 5 rings (SSSR count). The normalized spacial score (nSPS) is 10.9. The first-order valence-electron chi connectivity index (χ1n) is 10.9. The summed E-state index contributed by atoms with van der Waals surface area (Å²) in [5.74, 6) is -1.19. The number of pyridine rings is 2. The predicted molar refractivity (Wildman–Crippen MR) is 133 cm³/mol. The minimum Gasteiger partial charge on any atom is -0.477 e. The third-order valence-corrected chi connectivity index (χ3v) is 5.52. The van der Waals surface area contributed by atoms with Crippen molar-refractivity contribution in [1.29, 1.82) is 0 Å². The Balaban J connectivity index is 0.000000213. The second kappa shape index (κ2) is 10.9. The number of aromatic nitrogens is 2. The zero-order valence-corrected chi connectivity index (χ0v) is 21.9. The number of hydrogen-bond donors (Lipinski definition) is 1. The van der Waals surface area contributed by atoms with Gasteiger partial charge < -0.3 is 10.1 Å². The number of rotatable bonds is 2. The summed E-state index contributed by atoms with van der Waals surface area (Å²) in [7, 11) is 0. The average molecular weight is 644 g/mol. The van der Waals surface area contributed by atoms with Crippen molar-refractivity contribution in [3.05, 3.63) is 108 Å². The summed E-state index contributed by atoms with van der Waals surface area (Å²) >= 11 is 0. The van der Waals surface area contributed by atoms with E-state index in [1.54, 1.807) is 18.3 Å². The number of carboxylic acid groups (broad SMARTS) is 1. The van der Waals surface area contributed by atoms with Gasteiger partial charge in [-0.3, -0.25) is 0 Å². The van der Waals surface area contributed by atoms with E-state index in [-0.39, 0.29) is 37.0 Å². The number of halogens is 1. The smallest absolute Gasteiger partial charge is 0.354 e. The SMILES string of the molecule is CC(C)(C)c1ccnc(C(=O)O)c1.Fc1ccc2c(ccc3cc(-c4ccccn4)[c-]cc32)c1.[Ir]. The minimum absolute atomic E-state index is 0. The van der Waals surface area contributed by atoms with Gasteiger partial charge in [-0.05, 0) is 52.4 Å². The Morgan fingerprint density at radius 1 is 0.886 bits per heavy atom. The number of hydrogen-bond acceptors (Lipinski definition) is 3. The molecule has 1 radical (unpaired) electrons. The third-order valence-electron chi connectivity index (χ3n) is 5.52. The molecule has 4 nitrogen and oxygen atoms in total. The van der Waals surface area contributed by atoms with Crippen LogP contribution in [0.1, 0.15) is 36.8 Å². The molecule has 0 aliphatic carbocycles. The molecule has 2 heterocycles. The Bertz CT molecular complexity index is 1480. The Labute approximate surface area is 217 Å². The first-order valence-corrected chi connectivity index (χ1v) is 10.9. The summed E-state index contributed by atoms with van der Waals surface area (Å²) in [6, 6.07) is 25.4. The van der Waals surface area contributed by atoms with Gasteiger partial charge >= 0.3 is 5.97 Å². The fourth-order valence-electron chi connectivity index (χ4n) is 3.66. The molecule has 0 fully saturated rings. The number of benzene rings is 3. The molecule has 1 N–H and O–H groups in total. The molecular formula is C29H24FIrN2O2-. The first-order chi connectivity index (χ1) is 16.2. The van der Waals surface area contributed by atoms with E-state index in [1.165, 1.54) is 12.3 Å². The Morgan fingerprint density at radius 2 is 1.63 bits per heavy atom. The molecule has 0 bridgehead atoms. The molecule has 0 amide bonds. The van der Waals surface area contributed by atoms with Crippen molar-refractivity contribution >= 4 is 27.5 Å². The van der Waals surface area contributed by atoms with Crippen LogP contribution in [0.5, 0.6) is 0 Å². The second-order valence-electron chi connectivity index (χ2n) is 8.98. The van der Waals surface area contributed by atoms with E-state index >= 15 is 0 Å². The van der Waals surface area contributed by atoms with Crippen LogP contribution in [0.2, 0.25) is 0 Å². The number of fused-ring (bicyclic) bond motifs is 3. The van der Waals surface area contributed by atoms with Crippen LogP contribution >= 0.6 is 0 Å². The van der Waals surface area contributed by atoms with Gasteiger partial charge in [0.25, 0.3) is 0 Å². The monoisotopic (exact) mass is 644 g/mol. The van der Waals surface area contributed by atoms with Crippen LogP contribution in [0, 0.1) is 11.9 Å². The number of carboxylic acids is 1. The Kier molecular flexibility index (Phi) is 8.10.